The Balaban J connectivity index is 0.00000312. The largest absolute Gasteiger partial charge is 0.266 e. The summed E-state index contributed by atoms with van der Waals surface area (Å²) >= 11 is 0. The van der Waals surface area contributed by atoms with E-state index in [0.717, 1.165) is 18.5 Å². The van der Waals surface area contributed by atoms with E-state index in [-0.39, 0.29) is 20.4 Å². The van der Waals surface area contributed by atoms with Gasteiger partial charge >= 0.3 is 0 Å². The summed E-state index contributed by atoms with van der Waals surface area (Å²) in [4.78, 5) is 0. The molecule has 1 aromatic heterocycles. The van der Waals surface area contributed by atoms with Crippen molar-refractivity contribution in [3.63, 3.8) is 0 Å². The predicted molar refractivity (Wildman–Crippen MR) is 105 cm³/mol. The summed E-state index contributed by atoms with van der Waals surface area (Å²) in [7, 11) is 0. The fourth-order valence-corrected chi connectivity index (χ4v) is 3.72. The number of hydrogen-bond donors (Lipinski definition) is 0. The van der Waals surface area contributed by atoms with Crippen molar-refractivity contribution in [2.45, 2.75) is 74.3 Å². The van der Waals surface area contributed by atoms with Crippen LogP contribution in [0.4, 0.5) is 0 Å². The van der Waals surface area contributed by atoms with Crippen molar-refractivity contribution in [2.24, 2.45) is 11.8 Å². The first-order chi connectivity index (χ1) is 11.2. The summed E-state index contributed by atoms with van der Waals surface area (Å²) in [5.41, 5.74) is 8.19. The van der Waals surface area contributed by atoms with Gasteiger partial charge in [0.15, 0.2) is 0 Å². The van der Waals surface area contributed by atoms with Crippen LogP contribution in [0.15, 0.2) is 18.2 Å². The molecule has 0 atom stereocenters. The van der Waals surface area contributed by atoms with E-state index in [0.29, 0.717) is 17.9 Å². The second-order valence-electron chi connectivity index (χ2n) is 8.23. The second-order valence-corrected chi connectivity index (χ2v) is 8.23. The first-order valence-electron chi connectivity index (χ1n) is 9.39. The molecule has 2 aromatic rings. The summed E-state index contributed by atoms with van der Waals surface area (Å²) in [5, 5.41) is 4.84. The molecule has 0 saturated heterocycles. The minimum atomic E-state index is 0. The molecule has 0 radical (unpaired) electrons. The van der Waals surface area contributed by atoms with Gasteiger partial charge in [-0.2, -0.15) is 5.10 Å². The third-order valence-electron chi connectivity index (χ3n) is 4.56. The van der Waals surface area contributed by atoms with Crippen molar-refractivity contribution in [3.05, 3.63) is 40.7 Å². The van der Waals surface area contributed by atoms with Gasteiger partial charge in [-0.15, -0.1) is 0 Å². The average Bonchev–Trinajstić information content (AvgIpc) is 2.74. The van der Waals surface area contributed by atoms with Crippen LogP contribution in [0.3, 0.4) is 0 Å². The van der Waals surface area contributed by atoms with Crippen molar-refractivity contribution >= 4 is 0 Å². The topological polar surface area (TPSA) is 17.8 Å². The van der Waals surface area contributed by atoms with Crippen molar-refractivity contribution in [3.8, 4) is 11.1 Å². The molecule has 0 aliphatic rings. The monoisotopic (exact) mass is 432 g/mol. The maximum Gasteiger partial charge on any atom is 0.0675 e. The number of benzene rings is 1. The molecule has 0 spiro atoms. The zero-order chi connectivity index (χ0) is 18.0. The normalized spacial score (nSPS) is 11.5. The van der Waals surface area contributed by atoms with Gasteiger partial charge in [0.1, 0.15) is 0 Å². The van der Waals surface area contributed by atoms with Gasteiger partial charge in [0.05, 0.1) is 5.69 Å². The van der Waals surface area contributed by atoms with Crippen LogP contribution in [0.5, 0.6) is 0 Å². The van der Waals surface area contributed by atoms with Crippen molar-refractivity contribution in [1.82, 2.24) is 9.78 Å². The Labute approximate surface area is 168 Å². The van der Waals surface area contributed by atoms with Gasteiger partial charge in [-0.1, -0.05) is 45.9 Å². The van der Waals surface area contributed by atoms with E-state index < -0.39 is 0 Å². The van der Waals surface area contributed by atoms with Crippen LogP contribution >= 0.6 is 0 Å². The fraction of sp³-hybridized carbons (Fsp3) is 0.591. The van der Waals surface area contributed by atoms with E-state index in [1.165, 1.54) is 27.9 Å². The van der Waals surface area contributed by atoms with Gasteiger partial charge in [0.25, 0.3) is 0 Å². The van der Waals surface area contributed by atoms with Gasteiger partial charge in [-0.05, 0) is 69.1 Å². The van der Waals surface area contributed by atoms with Crippen molar-refractivity contribution < 1.29 is 20.4 Å². The molecule has 0 bridgehead atoms. The Kier molecular flexibility index (Phi) is 8.10. The molecule has 2 nitrogen and oxygen atoms in total. The van der Waals surface area contributed by atoms with Crippen molar-refractivity contribution in [2.75, 3.05) is 0 Å². The van der Waals surface area contributed by atoms with Crippen LogP contribution in [0, 0.1) is 25.7 Å². The molecule has 0 aliphatic carbocycles. The number of nitrogens with zero attached hydrogens (tertiary/aromatic N) is 2. The van der Waals surface area contributed by atoms with Crippen LogP contribution in [-0.4, -0.2) is 9.78 Å². The second kappa shape index (κ2) is 9.15. The van der Waals surface area contributed by atoms with Gasteiger partial charge in [-0.3, -0.25) is 4.68 Å². The predicted octanol–water partition coefficient (Wildman–Crippen LogP) is 6.14. The summed E-state index contributed by atoms with van der Waals surface area (Å²) in [6.07, 6.45) is 2.24. The fourth-order valence-electron chi connectivity index (χ4n) is 3.72. The van der Waals surface area contributed by atoms with Crippen LogP contribution in [0.25, 0.3) is 11.1 Å². The Morgan fingerprint density at radius 3 is 1.68 bits per heavy atom. The van der Waals surface area contributed by atoms with E-state index in [4.69, 9.17) is 5.10 Å². The van der Waals surface area contributed by atoms with E-state index in [9.17, 15) is 0 Å². The minimum absolute atomic E-state index is 0. The molecule has 0 aliphatic heterocycles. The van der Waals surface area contributed by atoms with Gasteiger partial charge in [-0.25, -0.2) is 0 Å². The molecule has 0 N–H and O–H groups in total. The maximum absolute atomic E-state index is 4.84. The van der Waals surface area contributed by atoms with Crippen LogP contribution in [-0.2, 0) is 33.3 Å². The summed E-state index contributed by atoms with van der Waals surface area (Å²) < 4.78 is 2.18. The molecule has 1 aromatic carbocycles. The zero-order valence-corrected chi connectivity index (χ0v) is 18.6. The quantitative estimate of drug-likeness (QED) is 0.501. The van der Waals surface area contributed by atoms with E-state index in [1.54, 1.807) is 0 Å². The van der Waals surface area contributed by atoms with Crippen LogP contribution < -0.4 is 0 Å². The van der Waals surface area contributed by atoms with Crippen LogP contribution in [0.2, 0.25) is 0 Å². The minimum Gasteiger partial charge on any atom is -0.266 e. The third-order valence-corrected chi connectivity index (χ3v) is 4.56. The Bertz CT molecular complexity index is 668. The SMILES string of the molecule is Cc1nn(C(C)C)c(C)c1-c1c(CC(C)C)cccc1CC(C)C.[Pd]. The molecule has 0 unspecified atom stereocenters. The Morgan fingerprint density at radius 2 is 1.32 bits per heavy atom. The number of hydrogen-bond acceptors (Lipinski definition) is 1. The smallest absolute Gasteiger partial charge is 0.0675 e. The van der Waals surface area contributed by atoms with Gasteiger partial charge in [0.2, 0.25) is 0 Å². The zero-order valence-electron chi connectivity index (χ0n) is 17.1. The summed E-state index contributed by atoms with van der Waals surface area (Å²) in [6.45, 7) is 18.0. The van der Waals surface area contributed by atoms with Crippen molar-refractivity contribution in [1.29, 1.82) is 0 Å². The van der Waals surface area contributed by atoms with E-state index in [2.05, 4.69) is 78.3 Å². The molecule has 0 amide bonds. The molecule has 3 heteroatoms. The van der Waals surface area contributed by atoms with Gasteiger partial charge < -0.3 is 0 Å². The molecular formula is C22H34N2Pd. The number of aryl methyl sites for hydroxylation is 1. The maximum atomic E-state index is 4.84. The molecular weight excluding hydrogens is 399 g/mol. The molecule has 142 valence electrons. The number of rotatable bonds is 6. The summed E-state index contributed by atoms with van der Waals surface area (Å²) in [5.74, 6) is 1.30. The standard InChI is InChI=1S/C22H34N2.Pd/c1-14(2)12-19-10-9-11-20(13-15(3)4)22(19)21-17(7)23-24(16(5)6)18(21)8;/h9-11,14-16H,12-13H2,1-8H3;. The summed E-state index contributed by atoms with van der Waals surface area (Å²) in [6, 6.07) is 7.25. The average molecular weight is 433 g/mol. The Morgan fingerprint density at radius 1 is 0.840 bits per heavy atom. The van der Waals surface area contributed by atoms with E-state index >= 15 is 0 Å². The van der Waals surface area contributed by atoms with Crippen LogP contribution in [0.1, 0.15) is 70.1 Å². The first-order valence-corrected chi connectivity index (χ1v) is 9.39. The Hall–Kier alpha value is -0.908. The van der Waals surface area contributed by atoms with E-state index in [1.807, 2.05) is 0 Å². The molecule has 0 saturated carbocycles. The number of aromatic nitrogens is 2. The molecule has 2 rings (SSSR count). The first kappa shape index (κ1) is 22.1. The third kappa shape index (κ3) is 5.05. The van der Waals surface area contributed by atoms with Gasteiger partial charge in [0, 0.05) is 37.7 Å². The molecule has 1 heterocycles. The molecule has 0 fully saturated rings. The molecule has 25 heavy (non-hydrogen) atoms.